The lowest BCUT2D eigenvalue weighted by Gasteiger charge is -2.32. The number of hydrogen-bond acceptors (Lipinski definition) is 4. The first-order valence-corrected chi connectivity index (χ1v) is 11.4. The number of nitrogens with zero attached hydrogens (tertiary/aromatic N) is 2. The van der Waals surface area contributed by atoms with Gasteiger partial charge in [-0.15, -0.1) is 0 Å². The molecule has 1 aromatic carbocycles. The summed E-state index contributed by atoms with van der Waals surface area (Å²) >= 11 is 6.08. The van der Waals surface area contributed by atoms with Crippen LogP contribution in [-0.4, -0.2) is 56.0 Å². The quantitative estimate of drug-likeness (QED) is 0.313. The SMILES string of the molecule is CCNC(=NCC(c1ccco1)N1CCCCC1)NCCNC(=O)c1ccccc1Cl. The standard InChI is InChI=1S/C23H32ClN5O2/c1-2-25-23(27-13-12-26-22(30)18-9-4-5-10-19(18)24)28-17-20(21-11-8-16-31-21)29-14-6-3-7-15-29/h4-5,8-11,16,20H,2-3,6-7,12-15,17H2,1H3,(H,26,30)(H2,25,27,28). The van der Waals surface area contributed by atoms with Crippen LogP contribution in [0.5, 0.6) is 0 Å². The molecule has 1 unspecified atom stereocenters. The first kappa shape index (κ1) is 23.2. The highest BCUT2D eigenvalue weighted by Crippen LogP contribution is 2.25. The van der Waals surface area contributed by atoms with E-state index in [1.165, 1.54) is 19.3 Å². The third-order valence-corrected chi connectivity index (χ3v) is 5.62. The summed E-state index contributed by atoms with van der Waals surface area (Å²) in [6.07, 6.45) is 5.44. The predicted octanol–water partition coefficient (Wildman–Crippen LogP) is 3.45. The number of nitrogens with one attached hydrogen (secondary N) is 3. The van der Waals surface area contributed by atoms with E-state index in [2.05, 4.69) is 20.9 Å². The third-order valence-electron chi connectivity index (χ3n) is 5.29. The summed E-state index contributed by atoms with van der Waals surface area (Å²) in [6.45, 7) is 6.55. The summed E-state index contributed by atoms with van der Waals surface area (Å²) in [7, 11) is 0. The highest BCUT2D eigenvalue weighted by molar-refractivity contribution is 6.33. The molecule has 0 radical (unpaired) electrons. The van der Waals surface area contributed by atoms with Crippen molar-refractivity contribution >= 4 is 23.5 Å². The van der Waals surface area contributed by atoms with Gasteiger partial charge in [-0.2, -0.15) is 0 Å². The maximum Gasteiger partial charge on any atom is 0.252 e. The van der Waals surface area contributed by atoms with Gasteiger partial charge in [0.25, 0.3) is 5.91 Å². The van der Waals surface area contributed by atoms with E-state index >= 15 is 0 Å². The summed E-state index contributed by atoms with van der Waals surface area (Å²) in [5.74, 6) is 1.49. The lowest BCUT2D eigenvalue weighted by atomic mass is 10.1. The van der Waals surface area contributed by atoms with Crippen LogP contribution in [0, 0.1) is 0 Å². The smallest absolute Gasteiger partial charge is 0.252 e. The summed E-state index contributed by atoms with van der Waals surface area (Å²) in [4.78, 5) is 19.5. The van der Waals surface area contributed by atoms with Crippen LogP contribution in [0.4, 0.5) is 0 Å². The number of aliphatic imine (C=N–C) groups is 1. The molecule has 3 rings (SSSR count). The number of carbonyl (C=O) groups is 1. The molecule has 1 saturated heterocycles. The normalized spacial score (nSPS) is 16.0. The van der Waals surface area contributed by atoms with Crippen LogP contribution in [0.1, 0.15) is 48.3 Å². The van der Waals surface area contributed by atoms with Gasteiger partial charge in [0.05, 0.1) is 29.4 Å². The van der Waals surface area contributed by atoms with E-state index in [0.29, 0.717) is 30.2 Å². The number of halogens is 1. The fourth-order valence-electron chi connectivity index (χ4n) is 3.71. The Balaban J connectivity index is 1.53. The molecule has 1 fully saturated rings. The van der Waals surface area contributed by atoms with E-state index in [0.717, 1.165) is 31.4 Å². The van der Waals surface area contributed by atoms with Crippen molar-refractivity contribution in [3.63, 3.8) is 0 Å². The second kappa shape index (κ2) is 12.4. The molecule has 3 N–H and O–H groups in total. The van der Waals surface area contributed by atoms with Crippen LogP contribution in [0.2, 0.25) is 5.02 Å². The van der Waals surface area contributed by atoms with Crippen molar-refractivity contribution < 1.29 is 9.21 Å². The molecule has 8 heteroatoms. The van der Waals surface area contributed by atoms with Crippen LogP contribution in [0.15, 0.2) is 52.1 Å². The Bertz CT molecular complexity index is 834. The molecule has 0 spiro atoms. The fourth-order valence-corrected chi connectivity index (χ4v) is 3.93. The van der Waals surface area contributed by atoms with E-state index in [1.807, 2.05) is 19.1 Å². The van der Waals surface area contributed by atoms with Crippen LogP contribution in [0.3, 0.4) is 0 Å². The first-order chi connectivity index (χ1) is 15.2. The van der Waals surface area contributed by atoms with Gasteiger partial charge in [0.15, 0.2) is 5.96 Å². The van der Waals surface area contributed by atoms with E-state index < -0.39 is 0 Å². The highest BCUT2D eigenvalue weighted by atomic mass is 35.5. The Morgan fingerprint density at radius 1 is 1.10 bits per heavy atom. The van der Waals surface area contributed by atoms with E-state index in [1.54, 1.807) is 30.5 Å². The number of amides is 1. The molecule has 0 bridgehead atoms. The Kier molecular flexibility index (Phi) is 9.24. The number of benzene rings is 1. The maximum absolute atomic E-state index is 12.3. The van der Waals surface area contributed by atoms with Crippen LogP contribution in [0.25, 0.3) is 0 Å². The number of hydrogen-bond donors (Lipinski definition) is 3. The molecular weight excluding hydrogens is 414 g/mol. The topological polar surface area (TPSA) is 81.9 Å². The van der Waals surface area contributed by atoms with Gasteiger partial charge in [-0.25, -0.2) is 0 Å². The number of rotatable bonds is 9. The molecule has 7 nitrogen and oxygen atoms in total. The summed E-state index contributed by atoms with van der Waals surface area (Å²) < 4.78 is 5.71. The molecular formula is C23H32ClN5O2. The second-order valence-electron chi connectivity index (χ2n) is 7.51. The molecule has 2 heterocycles. The van der Waals surface area contributed by atoms with Crippen molar-refractivity contribution in [3.8, 4) is 0 Å². The molecule has 0 aliphatic carbocycles. The van der Waals surface area contributed by atoms with Gasteiger partial charge >= 0.3 is 0 Å². The summed E-state index contributed by atoms with van der Waals surface area (Å²) in [6, 6.07) is 11.1. The zero-order chi connectivity index (χ0) is 21.9. The lowest BCUT2D eigenvalue weighted by molar-refractivity contribution is 0.0954. The monoisotopic (exact) mass is 445 g/mol. The number of piperidine rings is 1. The minimum Gasteiger partial charge on any atom is -0.468 e. The van der Waals surface area contributed by atoms with E-state index in [9.17, 15) is 4.79 Å². The number of carbonyl (C=O) groups excluding carboxylic acids is 1. The minimum absolute atomic E-state index is 0.130. The van der Waals surface area contributed by atoms with Crippen molar-refractivity contribution in [2.45, 2.75) is 32.2 Å². The van der Waals surface area contributed by atoms with Crippen molar-refractivity contribution in [3.05, 3.63) is 59.0 Å². The molecule has 1 aromatic heterocycles. The second-order valence-corrected chi connectivity index (χ2v) is 7.92. The van der Waals surface area contributed by atoms with Crippen LogP contribution >= 0.6 is 11.6 Å². The Hall–Kier alpha value is -2.51. The summed E-state index contributed by atoms with van der Waals surface area (Å²) in [5.41, 5.74) is 0.479. The van der Waals surface area contributed by atoms with Crippen LogP contribution in [-0.2, 0) is 0 Å². The molecule has 1 atom stereocenters. The predicted molar refractivity (Wildman–Crippen MR) is 125 cm³/mol. The van der Waals surface area contributed by atoms with E-state index in [4.69, 9.17) is 21.0 Å². The van der Waals surface area contributed by atoms with Gasteiger partial charge in [0, 0.05) is 19.6 Å². The van der Waals surface area contributed by atoms with Crippen molar-refractivity contribution in [1.29, 1.82) is 0 Å². The first-order valence-electron chi connectivity index (χ1n) is 11.0. The number of furan rings is 1. The molecule has 2 aromatic rings. The largest absolute Gasteiger partial charge is 0.468 e. The molecule has 1 aliphatic rings. The molecule has 168 valence electrons. The van der Waals surface area contributed by atoms with Gasteiger partial charge < -0.3 is 20.4 Å². The van der Waals surface area contributed by atoms with Gasteiger partial charge in [0.2, 0.25) is 0 Å². The fraction of sp³-hybridized carbons (Fsp3) is 0.478. The van der Waals surface area contributed by atoms with E-state index in [-0.39, 0.29) is 11.9 Å². The molecule has 1 amide bonds. The third kappa shape index (κ3) is 7.01. The minimum atomic E-state index is -0.183. The highest BCUT2D eigenvalue weighted by Gasteiger charge is 2.24. The molecule has 1 aliphatic heterocycles. The Morgan fingerprint density at radius 2 is 1.87 bits per heavy atom. The van der Waals surface area contributed by atoms with Crippen molar-refractivity contribution in [2.75, 3.05) is 39.3 Å². The zero-order valence-corrected chi connectivity index (χ0v) is 18.8. The van der Waals surface area contributed by atoms with Crippen molar-refractivity contribution in [1.82, 2.24) is 20.9 Å². The van der Waals surface area contributed by atoms with Gasteiger partial charge in [-0.05, 0) is 57.1 Å². The van der Waals surface area contributed by atoms with Gasteiger partial charge in [-0.3, -0.25) is 14.7 Å². The Morgan fingerprint density at radius 3 is 2.58 bits per heavy atom. The maximum atomic E-state index is 12.3. The van der Waals surface area contributed by atoms with Gasteiger partial charge in [-0.1, -0.05) is 30.2 Å². The van der Waals surface area contributed by atoms with Crippen molar-refractivity contribution in [2.24, 2.45) is 4.99 Å². The van der Waals surface area contributed by atoms with Gasteiger partial charge in [0.1, 0.15) is 5.76 Å². The summed E-state index contributed by atoms with van der Waals surface area (Å²) in [5, 5.41) is 9.89. The van der Waals surface area contributed by atoms with Crippen LogP contribution < -0.4 is 16.0 Å². The Labute approximate surface area is 189 Å². The number of guanidine groups is 1. The zero-order valence-electron chi connectivity index (χ0n) is 18.1. The number of likely N-dealkylation sites (tertiary alicyclic amines) is 1. The molecule has 31 heavy (non-hydrogen) atoms. The molecule has 0 saturated carbocycles. The average Bonchev–Trinajstić information content (AvgIpc) is 3.32. The lowest BCUT2D eigenvalue weighted by Crippen LogP contribution is -2.42. The average molecular weight is 446 g/mol.